The van der Waals surface area contributed by atoms with E-state index in [9.17, 15) is 18.1 Å². The Morgan fingerprint density at radius 1 is 0.812 bits per heavy atom. The second-order valence-corrected chi connectivity index (χ2v) is 9.42. The summed E-state index contributed by atoms with van der Waals surface area (Å²) in [6.45, 7) is 2.23. The molecule has 0 saturated heterocycles. The summed E-state index contributed by atoms with van der Waals surface area (Å²) in [6.07, 6.45) is 13.5. The van der Waals surface area contributed by atoms with Gasteiger partial charge < -0.3 is 9.84 Å². The van der Waals surface area contributed by atoms with Crippen LogP contribution in [-0.2, 0) is 16.5 Å². The summed E-state index contributed by atoms with van der Waals surface area (Å²) in [5.41, 5.74) is 0.351. The van der Waals surface area contributed by atoms with Gasteiger partial charge in [0, 0.05) is 0 Å². The molecule has 0 atom stereocenters. The Morgan fingerprint density at radius 2 is 1.34 bits per heavy atom. The standard InChI is InChI=1S/C25H36O5S.K/c1-2-3-4-5-6-7-8-9-10-11-13-16-21-19-20-23(24(26)25(21)31(27,28)29)30-22-17-14-12-15-18-22;/h12,14-15,17-20,26H,2-11,13,16H2,1H3,(H,27,28,29);/q;+1/p-1. The summed E-state index contributed by atoms with van der Waals surface area (Å²) >= 11 is 0. The van der Waals surface area contributed by atoms with Crippen LogP contribution < -0.4 is 61.2 Å². The van der Waals surface area contributed by atoms with Gasteiger partial charge in [-0.25, -0.2) is 0 Å². The van der Waals surface area contributed by atoms with Crippen molar-refractivity contribution < 1.29 is 74.2 Å². The predicted molar refractivity (Wildman–Crippen MR) is 122 cm³/mol. The van der Waals surface area contributed by atoms with Crippen LogP contribution in [0.5, 0.6) is 17.2 Å². The van der Waals surface area contributed by atoms with Crippen molar-refractivity contribution in [2.24, 2.45) is 0 Å². The van der Waals surface area contributed by atoms with Gasteiger partial charge in [-0.3, -0.25) is 4.55 Å². The van der Waals surface area contributed by atoms with Crippen molar-refractivity contribution in [2.75, 3.05) is 0 Å². The van der Waals surface area contributed by atoms with Crippen LogP contribution in [0.1, 0.15) is 83.1 Å². The van der Waals surface area contributed by atoms with Crippen molar-refractivity contribution in [3.8, 4) is 17.2 Å². The number of rotatable bonds is 15. The molecule has 1 N–H and O–H groups in total. The molecule has 2 rings (SSSR count). The first-order chi connectivity index (χ1) is 14.9. The van der Waals surface area contributed by atoms with Crippen LogP contribution in [0, 0.1) is 0 Å². The second-order valence-electron chi connectivity index (χ2n) is 8.06. The van der Waals surface area contributed by atoms with E-state index in [0.29, 0.717) is 17.7 Å². The van der Waals surface area contributed by atoms with Gasteiger partial charge in [-0.05, 0) is 42.4 Å². The molecule has 7 heteroatoms. The van der Waals surface area contributed by atoms with E-state index >= 15 is 0 Å². The number of aryl methyl sites for hydroxylation is 1. The van der Waals surface area contributed by atoms with Gasteiger partial charge in [-0.15, -0.1) is 0 Å². The predicted octanol–water partition coefficient (Wildman–Crippen LogP) is 3.66. The number of unbranched alkanes of at least 4 members (excludes halogenated alkanes) is 10. The maximum absolute atomic E-state index is 12.7. The molecule has 0 heterocycles. The Balaban J connectivity index is 0.00000512. The van der Waals surface area contributed by atoms with Crippen molar-refractivity contribution in [1.82, 2.24) is 0 Å². The van der Waals surface area contributed by atoms with Gasteiger partial charge in [0.15, 0.2) is 0 Å². The van der Waals surface area contributed by atoms with Gasteiger partial charge in [0.25, 0.3) is 10.1 Å². The maximum atomic E-state index is 12.7. The Hall–Kier alpha value is -0.414. The minimum Gasteiger partial charge on any atom is -0.869 e. The topological polar surface area (TPSA) is 86.7 Å². The monoisotopic (exact) mass is 486 g/mol. The fourth-order valence-electron chi connectivity index (χ4n) is 3.74. The Bertz CT molecular complexity index is 885. The molecule has 5 nitrogen and oxygen atoms in total. The van der Waals surface area contributed by atoms with Crippen LogP contribution >= 0.6 is 0 Å². The van der Waals surface area contributed by atoms with Crippen LogP contribution in [-0.4, -0.2) is 13.0 Å². The van der Waals surface area contributed by atoms with Gasteiger partial charge in [0.2, 0.25) is 0 Å². The van der Waals surface area contributed by atoms with Crippen molar-refractivity contribution in [1.29, 1.82) is 0 Å². The van der Waals surface area contributed by atoms with Crippen LogP contribution in [0.4, 0.5) is 0 Å². The third-order valence-corrected chi connectivity index (χ3v) is 6.40. The molecule has 0 fully saturated rings. The molecule has 0 aromatic heterocycles. The number of benzene rings is 2. The first kappa shape index (κ1) is 29.6. The van der Waals surface area contributed by atoms with Gasteiger partial charge >= 0.3 is 51.4 Å². The third kappa shape index (κ3) is 10.7. The molecule has 0 radical (unpaired) electrons. The molecule has 172 valence electrons. The summed E-state index contributed by atoms with van der Waals surface area (Å²) in [4.78, 5) is -0.562. The fourth-order valence-corrected chi connectivity index (χ4v) is 4.58. The van der Waals surface area contributed by atoms with Crippen molar-refractivity contribution in [3.05, 3.63) is 48.0 Å². The number of hydrogen-bond acceptors (Lipinski definition) is 4. The van der Waals surface area contributed by atoms with Gasteiger partial charge in [-0.1, -0.05) is 95.4 Å². The van der Waals surface area contributed by atoms with Crippen LogP contribution in [0.25, 0.3) is 0 Å². The molecule has 2 aromatic rings. The Kier molecular flexibility index (Phi) is 15.0. The SMILES string of the molecule is CCCCCCCCCCCCCc1ccc(Oc2ccccc2)c([O-])c1S(=O)(=O)O.[K+]. The molecule has 0 spiro atoms. The molecular weight excluding hydrogens is 451 g/mol. The summed E-state index contributed by atoms with van der Waals surface area (Å²) in [5, 5.41) is 12.7. The smallest absolute Gasteiger partial charge is 0.869 e. The zero-order chi connectivity index (χ0) is 22.5. The molecule has 0 unspecified atom stereocenters. The van der Waals surface area contributed by atoms with Crippen LogP contribution in [0.15, 0.2) is 47.4 Å². The zero-order valence-corrected chi connectivity index (χ0v) is 23.5. The number of para-hydroxylation sites is 1. The Labute approximate surface area is 236 Å². The molecule has 0 aliphatic rings. The third-order valence-electron chi connectivity index (χ3n) is 5.44. The van der Waals surface area contributed by atoms with Crippen molar-refractivity contribution in [3.63, 3.8) is 0 Å². The summed E-state index contributed by atoms with van der Waals surface area (Å²) in [5.74, 6) is -0.479. The summed E-state index contributed by atoms with van der Waals surface area (Å²) in [6, 6.07) is 11.7. The normalized spacial score (nSPS) is 11.2. The second kappa shape index (κ2) is 16.3. The summed E-state index contributed by atoms with van der Waals surface area (Å²) < 4.78 is 38.9. The molecule has 0 aliphatic heterocycles. The number of ether oxygens (including phenoxy) is 1. The van der Waals surface area contributed by atoms with E-state index in [1.165, 1.54) is 57.4 Å². The first-order valence-corrected chi connectivity index (χ1v) is 12.9. The first-order valence-electron chi connectivity index (χ1n) is 11.5. The van der Waals surface area contributed by atoms with E-state index in [1.807, 2.05) is 6.07 Å². The van der Waals surface area contributed by atoms with E-state index < -0.39 is 20.8 Å². The largest absolute Gasteiger partial charge is 1.00 e. The maximum Gasteiger partial charge on any atom is 1.00 e. The Morgan fingerprint density at radius 3 is 1.88 bits per heavy atom. The molecule has 0 aliphatic carbocycles. The van der Waals surface area contributed by atoms with Crippen molar-refractivity contribution >= 4 is 10.1 Å². The molecule has 32 heavy (non-hydrogen) atoms. The molecule has 0 bridgehead atoms. The number of hydrogen-bond donors (Lipinski definition) is 1. The average Bonchev–Trinajstić information content (AvgIpc) is 2.73. The molecular formula is C25H35KO5S. The van der Waals surface area contributed by atoms with E-state index in [4.69, 9.17) is 4.74 Å². The van der Waals surface area contributed by atoms with Crippen molar-refractivity contribution in [2.45, 2.75) is 88.9 Å². The minimum atomic E-state index is -4.64. The minimum absolute atomic E-state index is 0. The summed E-state index contributed by atoms with van der Waals surface area (Å²) in [7, 11) is -4.64. The van der Waals surface area contributed by atoms with Gasteiger partial charge in [0.05, 0.1) is 4.90 Å². The van der Waals surface area contributed by atoms with Gasteiger partial charge in [0.1, 0.15) is 11.5 Å². The van der Waals surface area contributed by atoms with E-state index in [0.717, 1.165) is 19.3 Å². The van der Waals surface area contributed by atoms with Crippen LogP contribution in [0.3, 0.4) is 0 Å². The average molecular weight is 487 g/mol. The van der Waals surface area contributed by atoms with Crippen LogP contribution in [0.2, 0.25) is 0 Å². The van der Waals surface area contributed by atoms with E-state index in [1.54, 1.807) is 30.3 Å². The van der Waals surface area contributed by atoms with E-state index in [-0.39, 0.29) is 57.1 Å². The fraction of sp³-hybridized carbons (Fsp3) is 0.520. The zero-order valence-electron chi connectivity index (χ0n) is 19.5. The van der Waals surface area contributed by atoms with Gasteiger partial charge in [-0.2, -0.15) is 8.42 Å². The van der Waals surface area contributed by atoms with E-state index in [2.05, 4.69) is 6.92 Å². The molecule has 0 amide bonds. The molecule has 2 aromatic carbocycles. The molecule has 0 saturated carbocycles. The quantitative estimate of drug-likeness (QED) is 0.236.